The predicted molar refractivity (Wildman–Crippen MR) is 104 cm³/mol. The zero-order chi connectivity index (χ0) is 22.1. The minimum atomic E-state index is -4.86. The molecule has 158 valence electrons. The number of aliphatic hydroxyl groups excluding tert-OH is 1. The van der Waals surface area contributed by atoms with Gasteiger partial charge >= 0.3 is 6.18 Å². The van der Waals surface area contributed by atoms with Crippen LogP contribution in [0.5, 0.6) is 0 Å². The second-order valence-electron chi connectivity index (χ2n) is 6.86. The Balaban J connectivity index is 1.87. The number of rotatable bonds is 5. The molecular weight excluding hydrogens is 404 g/mol. The lowest BCUT2D eigenvalue weighted by atomic mass is 10.1. The van der Waals surface area contributed by atoms with Crippen LogP contribution in [0.3, 0.4) is 0 Å². The number of carbonyl (C=O) groups is 1. The largest absolute Gasteiger partial charge is 0.419 e. The Labute approximate surface area is 168 Å². The van der Waals surface area contributed by atoms with Gasteiger partial charge in [-0.2, -0.15) is 13.2 Å². The number of alkyl halides is 3. The molecule has 3 aromatic rings. The Morgan fingerprint density at radius 1 is 1.17 bits per heavy atom. The van der Waals surface area contributed by atoms with E-state index in [2.05, 4.69) is 5.32 Å². The van der Waals surface area contributed by atoms with Crippen LogP contribution in [-0.4, -0.2) is 22.2 Å². The van der Waals surface area contributed by atoms with Crippen molar-refractivity contribution in [1.29, 1.82) is 0 Å². The highest BCUT2D eigenvalue weighted by Crippen LogP contribution is 2.32. The molecule has 1 atom stereocenters. The second-order valence-corrected chi connectivity index (χ2v) is 6.86. The number of nitrogens with one attached hydrogen (secondary N) is 1. The van der Waals surface area contributed by atoms with Crippen LogP contribution < -0.4 is 10.9 Å². The number of aliphatic hydroxyl groups is 1. The van der Waals surface area contributed by atoms with Gasteiger partial charge in [-0.1, -0.05) is 12.1 Å². The molecule has 0 aliphatic carbocycles. The third-order valence-electron chi connectivity index (χ3n) is 4.69. The van der Waals surface area contributed by atoms with Crippen molar-refractivity contribution in [3.63, 3.8) is 0 Å². The third-order valence-corrected chi connectivity index (χ3v) is 4.69. The first kappa shape index (κ1) is 21.5. The van der Waals surface area contributed by atoms with Crippen LogP contribution in [0.15, 0.2) is 53.5 Å². The molecule has 30 heavy (non-hydrogen) atoms. The summed E-state index contributed by atoms with van der Waals surface area (Å²) < 4.78 is 53.3. The fourth-order valence-corrected chi connectivity index (χ4v) is 3.12. The lowest BCUT2D eigenvalue weighted by Crippen LogP contribution is -2.25. The Bertz CT molecular complexity index is 1160. The van der Waals surface area contributed by atoms with Crippen LogP contribution in [0, 0.1) is 5.82 Å². The van der Waals surface area contributed by atoms with Crippen molar-refractivity contribution in [3.05, 3.63) is 76.0 Å². The summed E-state index contributed by atoms with van der Waals surface area (Å²) in [5.41, 5.74) is -1.47. The quantitative estimate of drug-likeness (QED) is 0.613. The van der Waals surface area contributed by atoms with Crippen LogP contribution in [0.4, 0.5) is 23.2 Å². The minimum Gasteiger partial charge on any atom is -0.394 e. The summed E-state index contributed by atoms with van der Waals surface area (Å²) in [7, 11) is 0. The third kappa shape index (κ3) is 4.35. The van der Waals surface area contributed by atoms with E-state index in [1.807, 2.05) is 0 Å². The molecule has 3 rings (SSSR count). The molecule has 0 bridgehead atoms. The van der Waals surface area contributed by atoms with E-state index in [4.69, 9.17) is 0 Å². The van der Waals surface area contributed by atoms with Gasteiger partial charge in [0.25, 0.3) is 5.56 Å². The van der Waals surface area contributed by atoms with Crippen LogP contribution >= 0.6 is 0 Å². The van der Waals surface area contributed by atoms with Gasteiger partial charge < -0.3 is 15.0 Å². The van der Waals surface area contributed by atoms with Gasteiger partial charge in [-0.15, -0.1) is 0 Å². The highest BCUT2D eigenvalue weighted by Gasteiger charge is 2.34. The van der Waals surface area contributed by atoms with Gasteiger partial charge in [0.15, 0.2) is 0 Å². The van der Waals surface area contributed by atoms with Gasteiger partial charge in [0.05, 0.1) is 24.6 Å². The summed E-state index contributed by atoms with van der Waals surface area (Å²) in [4.78, 5) is 25.0. The van der Waals surface area contributed by atoms with Gasteiger partial charge in [0.1, 0.15) is 5.82 Å². The van der Waals surface area contributed by atoms with Crippen LogP contribution in [-0.2, 0) is 17.4 Å². The number of amides is 1. The summed E-state index contributed by atoms with van der Waals surface area (Å²) in [6.45, 7) is 1.45. The highest BCUT2D eigenvalue weighted by atomic mass is 19.4. The van der Waals surface area contributed by atoms with Gasteiger partial charge in [0.2, 0.25) is 5.91 Å². The number of nitrogens with zero attached hydrogens (tertiary/aromatic N) is 1. The fourth-order valence-electron chi connectivity index (χ4n) is 3.12. The predicted octanol–water partition coefficient (Wildman–Crippen LogP) is 3.89. The number of halogens is 4. The molecule has 0 aliphatic heterocycles. The minimum absolute atomic E-state index is 0.000544. The Hall–Kier alpha value is -3.20. The standard InChI is InChI=1S/C21H18F4N2O3/c1-12(11-28)27-8-7-14-15(20(27)30)3-2-4-18(14)26-19(29)10-13-5-6-17(22)16(9-13)21(23,24)25/h2-9,12,28H,10-11H2,1H3,(H,26,29)/t12-/m1/s1. The lowest BCUT2D eigenvalue weighted by molar-refractivity contribution is -0.140. The smallest absolute Gasteiger partial charge is 0.394 e. The van der Waals surface area contributed by atoms with E-state index in [0.717, 1.165) is 6.07 Å². The zero-order valence-electron chi connectivity index (χ0n) is 15.8. The first-order chi connectivity index (χ1) is 14.1. The first-order valence-electron chi connectivity index (χ1n) is 9.02. The number of carbonyl (C=O) groups excluding carboxylic acids is 1. The molecule has 0 spiro atoms. The van der Waals surface area contributed by atoms with E-state index >= 15 is 0 Å². The van der Waals surface area contributed by atoms with Gasteiger partial charge in [-0.25, -0.2) is 4.39 Å². The van der Waals surface area contributed by atoms with E-state index in [-0.39, 0.29) is 17.7 Å². The van der Waals surface area contributed by atoms with Crippen molar-refractivity contribution in [3.8, 4) is 0 Å². The van der Waals surface area contributed by atoms with E-state index in [9.17, 15) is 32.3 Å². The number of aromatic nitrogens is 1. The molecule has 1 heterocycles. The molecule has 1 amide bonds. The topological polar surface area (TPSA) is 71.3 Å². The monoisotopic (exact) mass is 422 g/mol. The van der Waals surface area contributed by atoms with Gasteiger partial charge in [-0.05, 0) is 42.8 Å². The van der Waals surface area contributed by atoms with Crippen LogP contribution in [0.2, 0.25) is 0 Å². The molecular formula is C21H18F4N2O3. The fraction of sp³-hybridized carbons (Fsp3) is 0.238. The lowest BCUT2D eigenvalue weighted by Gasteiger charge is -2.15. The molecule has 2 N–H and O–H groups in total. The maximum Gasteiger partial charge on any atom is 0.419 e. The molecule has 0 radical (unpaired) electrons. The Morgan fingerprint density at radius 3 is 2.57 bits per heavy atom. The number of pyridine rings is 1. The number of hydrogen-bond donors (Lipinski definition) is 2. The Kier molecular flexibility index (Phi) is 5.93. The van der Waals surface area contributed by atoms with Gasteiger partial charge in [-0.3, -0.25) is 9.59 Å². The summed E-state index contributed by atoms with van der Waals surface area (Å²) in [5.74, 6) is -2.02. The molecule has 0 saturated heterocycles. The van der Waals surface area contributed by atoms with Crippen LogP contribution in [0.25, 0.3) is 10.8 Å². The normalized spacial score (nSPS) is 12.7. The van der Waals surface area contributed by atoms with Crippen molar-refractivity contribution in [2.75, 3.05) is 11.9 Å². The number of fused-ring (bicyclic) bond motifs is 1. The van der Waals surface area contributed by atoms with Crippen molar-refractivity contribution >= 4 is 22.4 Å². The maximum atomic E-state index is 13.4. The second kappa shape index (κ2) is 8.27. The van der Waals surface area contributed by atoms with Crippen molar-refractivity contribution in [1.82, 2.24) is 4.57 Å². The van der Waals surface area contributed by atoms with Crippen LogP contribution in [0.1, 0.15) is 24.1 Å². The molecule has 0 unspecified atom stereocenters. The molecule has 0 saturated carbocycles. The maximum absolute atomic E-state index is 13.4. The Morgan fingerprint density at radius 2 is 1.90 bits per heavy atom. The highest BCUT2D eigenvalue weighted by molar-refractivity contribution is 6.02. The van der Waals surface area contributed by atoms with Crippen molar-refractivity contribution < 1.29 is 27.5 Å². The summed E-state index contributed by atoms with van der Waals surface area (Å²) in [6, 6.07) is 8.27. The molecule has 2 aromatic carbocycles. The number of hydrogen-bond acceptors (Lipinski definition) is 3. The zero-order valence-corrected chi connectivity index (χ0v) is 15.8. The molecule has 9 heteroatoms. The number of benzene rings is 2. The first-order valence-corrected chi connectivity index (χ1v) is 9.02. The molecule has 0 aliphatic rings. The van der Waals surface area contributed by atoms with Crippen molar-refractivity contribution in [2.24, 2.45) is 0 Å². The van der Waals surface area contributed by atoms with E-state index in [0.29, 0.717) is 28.6 Å². The summed E-state index contributed by atoms with van der Waals surface area (Å²) in [5, 5.41) is 12.6. The van der Waals surface area contributed by atoms with Crippen molar-refractivity contribution in [2.45, 2.75) is 25.6 Å². The average molecular weight is 422 g/mol. The van der Waals surface area contributed by atoms with E-state index < -0.39 is 35.9 Å². The molecule has 0 fully saturated rings. The van der Waals surface area contributed by atoms with Gasteiger partial charge in [0, 0.05) is 22.7 Å². The van der Waals surface area contributed by atoms with E-state index in [1.54, 1.807) is 31.2 Å². The average Bonchev–Trinajstić information content (AvgIpc) is 2.69. The summed E-state index contributed by atoms with van der Waals surface area (Å²) in [6.07, 6.45) is -3.77. The SMILES string of the molecule is C[C@H](CO)n1ccc2c(NC(=O)Cc3ccc(F)c(C(F)(F)F)c3)cccc2c1=O. The van der Waals surface area contributed by atoms with E-state index in [1.165, 1.54) is 10.8 Å². The summed E-state index contributed by atoms with van der Waals surface area (Å²) >= 11 is 0. The molecule has 1 aromatic heterocycles. The molecule has 5 nitrogen and oxygen atoms in total. The number of anilines is 1.